The molecular weight excluding hydrogens is 330 g/mol. The van der Waals surface area contributed by atoms with Crippen LogP contribution in [0.2, 0.25) is 0 Å². The highest BCUT2D eigenvalue weighted by Crippen LogP contribution is 2.50. The van der Waals surface area contributed by atoms with Crippen molar-refractivity contribution in [3.05, 3.63) is 18.6 Å². The van der Waals surface area contributed by atoms with E-state index in [-0.39, 0.29) is 32.0 Å². The smallest absolute Gasteiger partial charge is 0.258 e. The van der Waals surface area contributed by atoms with Gasteiger partial charge in [0, 0.05) is 51.6 Å². The van der Waals surface area contributed by atoms with Gasteiger partial charge in [-0.05, 0) is 19.3 Å². The molecule has 136 valence electrons. The van der Waals surface area contributed by atoms with E-state index in [1.165, 1.54) is 0 Å². The number of carbonyl (C=O) groups is 1. The molecule has 0 aromatic carbocycles. The number of amides is 1. The largest absolute Gasteiger partial charge is 0.368 e. The lowest BCUT2D eigenvalue weighted by molar-refractivity contribution is -0.173. The zero-order chi connectivity index (χ0) is 17.5. The molecule has 3 fully saturated rings. The van der Waals surface area contributed by atoms with Gasteiger partial charge in [0.1, 0.15) is 11.9 Å². The van der Waals surface area contributed by atoms with Crippen LogP contribution < -0.4 is 4.90 Å². The van der Waals surface area contributed by atoms with Crippen molar-refractivity contribution in [2.45, 2.75) is 37.7 Å². The summed E-state index contributed by atoms with van der Waals surface area (Å²) in [5, 5.41) is 0. The molecule has 3 aliphatic rings. The Hall–Kier alpha value is -1.83. The van der Waals surface area contributed by atoms with E-state index < -0.39 is 17.4 Å². The Labute approximate surface area is 145 Å². The van der Waals surface area contributed by atoms with E-state index >= 15 is 0 Å². The second-order valence-corrected chi connectivity index (χ2v) is 7.23. The van der Waals surface area contributed by atoms with Gasteiger partial charge in [0.15, 0.2) is 0 Å². The number of carbonyl (C=O) groups excluding carboxylic acids is 1. The molecule has 1 spiro atoms. The number of anilines is 1. The van der Waals surface area contributed by atoms with Crippen LogP contribution in [-0.4, -0.2) is 65.6 Å². The van der Waals surface area contributed by atoms with Crippen LogP contribution in [-0.2, 0) is 9.53 Å². The van der Waals surface area contributed by atoms with E-state index in [0.29, 0.717) is 31.8 Å². The summed E-state index contributed by atoms with van der Waals surface area (Å²) in [6, 6.07) is 0. The predicted molar refractivity (Wildman–Crippen MR) is 86.4 cm³/mol. The third-order valence-corrected chi connectivity index (χ3v) is 5.71. The first-order valence-electron chi connectivity index (χ1n) is 8.80. The van der Waals surface area contributed by atoms with Crippen molar-refractivity contribution in [3.8, 4) is 0 Å². The molecule has 8 heteroatoms. The molecule has 1 amide bonds. The quantitative estimate of drug-likeness (QED) is 0.811. The highest BCUT2D eigenvalue weighted by molar-refractivity contribution is 5.81. The van der Waals surface area contributed by atoms with E-state index in [4.69, 9.17) is 4.74 Å². The molecule has 3 saturated heterocycles. The molecule has 0 aliphatic carbocycles. The molecule has 0 bridgehead atoms. The molecule has 3 aliphatic heterocycles. The molecule has 25 heavy (non-hydrogen) atoms. The highest BCUT2D eigenvalue weighted by atomic mass is 19.3. The van der Waals surface area contributed by atoms with Crippen molar-refractivity contribution in [2.75, 3.05) is 37.7 Å². The lowest BCUT2D eigenvalue weighted by Crippen LogP contribution is -2.59. The molecule has 1 aromatic rings. The first-order valence-corrected chi connectivity index (χ1v) is 8.80. The minimum atomic E-state index is -2.79. The number of hydrogen-bond acceptors (Lipinski definition) is 5. The van der Waals surface area contributed by atoms with Crippen LogP contribution in [0.15, 0.2) is 18.6 Å². The summed E-state index contributed by atoms with van der Waals surface area (Å²) in [6.07, 6.45) is 5.84. The average molecular weight is 352 g/mol. The molecule has 2 atom stereocenters. The van der Waals surface area contributed by atoms with Crippen LogP contribution in [0.4, 0.5) is 14.6 Å². The van der Waals surface area contributed by atoms with Crippen molar-refractivity contribution in [3.63, 3.8) is 0 Å². The van der Waals surface area contributed by atoms with Crippen LogP contribution in [0.25, 0.3) is 0 Å². The molecule has 4 heterocycles. The van der Waals surface area contributed by atoms with Crippen LogP contribution in [0, 0.1) is 5.41 Å². The molecule has 6 nitrogen and oxygen atoms in total. The first-order chi connectivity index (χ1) is 12.0. The van der Waals surface area contributed by atoms with Gasteiger partial charge < -0.3 is 14.5 Å². The van der Waals surface area contributed by atoms with Gasteiger partial charge in [-0.3, -0.25) is 9.78 Å². The lowest BCUT2D eigenvalue weighted by Gasteiger charge is -2.46. The standard InChI is InChI=1S/C17H22F2N4O2/c18-17(19)4-8-23(15(24)13-2-1-9-25-13)12-16(17)3-7-22(11-16)14-10-20-5-6-21-14/h5-6,10,13H,1-4,7-9,11-12H2/t13-,16?/m1/s1. The maximum Gasteiger partial charge on any atom is 0.258 e. The third kappa shape index (κ3) is 2.86. The molecular formula is C17H22F2N4O2. The Kier molecular flexibility index (Phi) is 4.10. The van der Waals surface area contributed by atoms with Crippen LogP contribution in [0.1, 0.15) is 25.7 Å². The van der Waals surface area contributed by atoms with Crippen LogP contribution >= 0.6 is 0 Å². The number of aromatic nitrogens is 2. The summed E-state index contributed by atoms with van der Waals surface area (Å²) in [7, 11) is 0. The number of rotatable bonds is 2. The van der Waals surface area contributed by atoms with Gasteiger partial charge in [0.05, 0.1) is 11.6 Å². The maximum absolute atomic E-state index is 14.8. The topological polar surface area (TPSA) is 58.6 Å². The number of likely N-dealkylation sites (tertiary alicyclic amines) is 1. The number of alkyl halides is 2. The first kappa shape index (κ1) is 16.6. The van der Waals surface area contributed by atoms with Gasteiger partial charge in [-0.25, -0.2) is 13.8 Å². The van der Waals surface area contributed by atoms with Gasteiger partial charge in [-0.2, -0.15) is 0 Å². The summed E-state index contributed by atoms with van der Waals surface area (Å²) >= 11 is 0. The van der Waals surface area contributed by atoms with E-state index in [1.807, 2.05) is 4.90 Å². The number of hydrogen-bond donors (Lipinski definition) is 0. The highest BCUT2D eigenvalue weighted by Gasteiger charge is 2.60. The van der Waals surface area contributed by atoms with E-state index in [1.54, 1.807) is 23.5 Å². The Morgan fingerprint density at radius 3 is 2.84 bits per heavy atom. The van der Waals surface area contributed by atoms with Crippen molar-refractivity contribution in [1.82, 2.24) is 14.9 Å². The minimum Gasteiger partial charge on any atom is -0.368 e. The summed E-state index contributed by atoms with van der Waals surface area (Å²) in [5.74, 6) is -2.32. The van der Waals surface area contributed by atoms with Crippen molar-refractivity contribution < 1.29 is 18.3 Å². The van der Waals surface area contributed by atoms with Gasteiger partial charge in [0.25, 0.3) is 11.8 Å². The minimum absolute atomic E-state index is 0.0788. The maximum atomic E-state index is 14.8. The average Bonchev–Trinajstić information content (AvgIpc) is 3.29. The van der Waals surface area contributed by atoms with Gasteiger partial charge in [0.2, 0.25) is 0 Å². The molecule has 0 saturated carbocycles. The Bertz CT molecular complexity index is 639. The number of ether oxygens (including phenoxy) is 1. The lowest BCUT2D eigenvalue weighted by atomic mass is 9.75. The van der Waals surface area contributed by atoms with Gasteiger partial charge in [-0.1, -0.05) is 0 Å². The number of nitrogens with zero attached hydrogens (tertiary/aromatic N) is 4. The van der Waals surface area contributed by atoms with Crippen molar-refractivity contribution in [1.29, 1.82) is 0 Å². The van der Waals surface area contributed by atoms with E-state index in [2.05, 4.69) is 9.97 Å². The summed E-state index contributed by atoms with van der Waals surface area (Å²) in [5.41, 5.74) is -1.23. The van der Waals surface area contributed by atoms with Gasteiger partial charge in [-0.15, -0.1) is 0 Å². The Morgan fingerprint density at radius 1 is 1.24 bits per heavy atom. The summed E-state index contributed by atoms with van der Waals surface area (Å²) in [4.78, 5) is 24.3. The van der Waals surface area contributed by atoms with E-state index in [0.717, 1.165) is 6.42 Å². The predicted octanol–water partition coefficient (Wildman–Crippen LogP) is 1.72. The fourth-order valence-corrected chi connectivity index (χ4v) is 4.21. The summed E-state index contributed by atoms with van der Waals surface area (Å²) in [6.45, 7) is 1.43. The van der Waals surface area contributed by atoms with Crippen molar-refractivity contribution in [2.24, 2.45) is 5.41 Å². The van der Waals surface area contributed by atoms with E-state index in [9.17, 15) is 13.6 Å². The second kappa shape index (κ2) is 6.16. The monoisotopic (exact) mass is 352 g/mol. The van der Waals surface area contributed by atoms with Crippen molar-refractivity contribution >= 4 is 11.7 Å². The Morgan fingerprint density at radius 2 is 2.12 bits per heavy atom. The molecule has 1 aromatic heterocycles. The van der Waals surface area contributed by atoms with Gasteiger partial charge >= 0.3 is 0 Å². The second-order valence-electron chi connectivity index (χ2n) is 7.23. The molecule has 1 unspecified atom stereocenters. The molecule has 4 rings (SSSR count). The zero-order valence-corrected chi connectivity index (χ0v) is 14.0. The summed E-state index contributed by atoms with van der Waals surface area (Å²) < 4.78 is 35.1. The fraction of sp³-hybridized carbons (Fsp3) is 0.706. The normalized spacial score (nSPS) is 31.7. The Balaban J connectivity index is 1.53. The third-order valence-electron chi connectivity index (χ3n) is 5.71. The molecule has 0 N–H and O–H groups in total. The molecule has 0 radical (unpaired) electrons. The number of piperidine rings is 1. The fourth-order valence-electron chi connectivity index (χ4n) is 4.21. The zero-order valence-electron chi connectivity index (χ0n) is 14.0. The van der Waals surface area contributed by atoms with Crippen LogP contribution in [0.5, 0.6) is 0 Å². The number of halogens is 2. The van der Waals surface area contributed by atoms with Crippen LogP contribution in [0.3, 0.4) is 0 Å². The SMILES string of the molecule is O=C([C@H]1CCCO1)N1CCC(F)(F)C2(CCN(c3cnccn3)C2)C1.